The summed E-state index contributed by atoms with van der Waals surface area (Å²) in [5.41, 5.74) is 4.19. The summed E-state index contributed by atoms with van der Waals surface area (Å²) in [6, 6.07) is 13.5. The topological polar surface area (TPSA) is 50.4 Å². The van der Waals surface area contributed by atoms with Crippen molar-refractivity contribution >= 4 is 28.9 Å². The van der Waals surface area contributed by atoms with Crippen LogP contribution in [0.4, 0.5) is 5.69 Å². The van der Waals surface area contributed by atoms with E-state index in [1.165, 1.54) is 0 Å². The Hall–Kier alpha value is -2.40. The van der Waals surface area contributed by atoms with E-state index < -0.39 is 0 Å². The molecule has 2 aromatic rings. The van der Waals surface area contributed by atoms with Gasteiger partial charge in [-0.15, -0.1) is 0 Å². The molecule has 0 radical (unpaired) electrons. The maximum atomic E-state index is 11.9. The molecule has 0 fully saturated rings. The van der Waals surface area contributed by atoms with Gasteiger partial charge >= 0.3 is 0 Å². The quantitative estimate of drug-likeness (QED) is 0.844. The van der Waals surface area contributed by atoms with E-state index in [-0.39, 0.29) is 17.6 Å². The minimum absolute atomic E-state index is 0.0857. The number of anilines is 1. The SMILES string of the molecule is Cc1ccc(OCC(=O)NC(=S)Nc2c(C)cccc2C)cc1. The average Bonchev–Trinajstić information content (AvgIpc) is 2.50. The summed E-state index contributed by atoms with van der Waals surface area (Å²) in [7, 11) is 0. The molecule has 0 atom stereocenters. The van der Waals surface area contributed by atoms with E-state index in [9.17, 15) is 4.79 Å². The van der Waals surface area contributed by atoms with Crippen molar-refractivity contribution in [1.82, 2.24) is 5.32 Å². The molecule has 0 aliphatic rings. The third-order valence-electron chi connectivity index (χ3n) is 3.36. The molecule has 2 aromatic carbocycles. The smallest absolute Gasteiger partial charge is 0.264 e. The van der Waals surface area contributed by atoms with Crippen LogP contribution < -0.4 is 15.4 Å². The predicted molar refractivity (Wildman–Crippen MR) is 97.0 cm³/mol. The molecule has 0 heterocycles. The summed E-state index contributed by atoms with van der Waals surface area (Å²) in [5.74, 6) is 0.355. The van der Waals surface area contributed by atoms with Crippen molar-refractivity contribution in [2.45, 2.75) is 20.8 Å². The fraction of sp³-hybridized carbons (Fsp3) is 0.222. The standard InChI is InChI=1S/C18H20N2O2S/c1-12-7-9-15(10-8-12)22-11-16(21)19-18(23)20-17-13(2)5-4-6-14(17)3/h4-10H,11H2,1-3H3,(H2,19,20,21,23). The molecule has 120 valence electrons. The molecule has 0 aliphatic carbocycles. The number of rotatable bonds is 4. The molecule has 5 heteroatoms. The zero-order valence-electron chi connectivity index (χ0n) is 13.5. The lowest BCUT2D eigenvalue weighted by Crippen LogP contribution is -2.37. The van der Waals surface area contributed by atoms with Gasteiger partial charge in [-0.25, -0.2) is 0 Å². The maximum absolute atomic E-state index is 11.9. The molecule has 0 aliphatic heterocycles. The first kappa shape index (κ1) is 17.0. The van der Waals surface area contributed by atoms with E-state index in [0.717, 1.165) is 22.4 Å². The van der Waals surface area contributed by atoms with Crippen molar-refractivity contribution in [2.24, 2.45) is 0 Å². The van der Waals surface area contributed by atoms with Crippen LogP contribution in [0, 0.1) is 20.8 Å². The van der Waals surface area contributed by atoms with Gasteiger partial charge < -0.3 is 10.1 Å². The number of carbonyl (C=O) groups excluding carboxylic acids is 1. The van der Waals surface area contributed by atoms with E-state index >= 15 is 0 Å². The Balaban J connectivity index is 1.85. The molecular formula is C18H20N2O2S. The van der Waals surface area contributed by atoms with Gasteiger partial charge in [-0.2, -0.15) is 0 Å². The third-order valence-corrected chi connectivity index (χ3v) is 3.57. The Kier molecular flexibility index (Phi) is 5.71. The van der Waals surface area contributed by atoms with Crippen LogP contribution in [-0.4, -0.2) is 17.6 Å². The first-order chi connectivity index (χ1) is 11.0. The zero-order chi connectivity index (χ0) is 16.8. The number of nitrogens with one attached hydrogen (secondary N) is 2. The minimum Gasteiger partial charge on any atom is -0.484 e. The van der Waals surface area contributed by atoms with Gasteiger partial charge in [0.25, 0.3) is 5.91 Å². The maximum Gasteiger partial charge on any atom is 0.264 e. The second-order valence-corrected chi connectivity index (χ2v) is 5.78. The highest BCUT2D eigenvalue weighted by atomic mass is 32.1. The summed E-state index contributed by atoms with van der Waals surface area (Å²) >= 11 is 5.18. The van der Waals surface area contributed by atoms with Crippen molar-refractivity contribution in [3.63, 3.8) is 0 Å². The van der Waals surface area contributed by atoms with E-state index in [1.54, 1.807) is 0 Å². The summed E-state index contributed by atoms with van der Waals surface area (Å²) in [4.78, 5) is 11.9. The summed E-state index contributed by atoms with van der Waals surface area (Å²) in [5, 5.41) is 5.94. The Morgan fingerprint density at radius 3 is 2.26 bits per heavy atom. The lowest BCUT2D eigenvalue weighted by atomic mass is 10.1. The predicted octanol–water partition coefficient (Wildman–Crippen LogP) is 3.50. The normalized spacial score (nSPS) is 10.0. The van der Waals surface area contributed by atoms with Crippen LogP contribution in [0.1, 0.15) is 16.7 Å². The van der Waals surface area contributed by atoms with Gasteiger partial charge in [-0.1, -0.05) is 35.9 Å². The van der Waals surface area contributed by atoms with Crippen LogP contribution in [0.2, 0.25) is 0 Å². The molecule has 4 nitrogen and oxygen atoms in total. The van der Waals surface area contributed by atoms with Gasteiger partial charge in [0.15, 0.2) is 11.7 Å². The number of aryl methyl sites for hydroxylation is 3. The van der Waals surface area contributed by atoms with Crippen LogP contribution in [0.25, 0.3) is 0 Å². The average molecular weight is 328 g/mol. The van der Waals surface area contributed by atoms with Gasteiger partial charge in [-0.05, 0) is 56.2 Å². The number of hydrogen-bond acceptors (Lipinski definition) is 3. The number of ether oxygens (including phenoxy) is 1. The Morgan fingerprint density at radius 1 is 1.04 bits per heavy atom. The third kappa shape index (κ3) is 5.07. The number of benzene rings is 2. The second-order valence-electron chi connectivity index (χ2n) is 5.37. The molecule has 23 heavy (non-hydrogen) atoms. The molecule has 0 saturated carbocycles. The minimum atomic E-state index is -0.297. The van der Waals surface area contributed by atoms with Crippen molar-refractivity contribution in [1.29, 1.82) is 0 Å². The Morgan fingerprint density at radius 2 is 1.65 bits per heavy atom. The van der Waals surface area contributed by atoms with Gasteiger partial charge in [0.05, 0.1) is 0 Å². The molecule has 0 aromatic heterocycles. The molecule has 0 saturated heterocycles. The number of para-hydroxylation sites is 1. The molecular weight excluding hydrogens is 308 g/mol. The molecule has 2 rings (SSSR count). The molecule has 0 unspecified atom stereocenters. The van der Waals surface area contributed by atoms with Gasteiger partial charge in [-0.3, -0.25) is 10.1 Å². The molecule has 2 N–H and O–H groups in total. The first-order valence-corrected chi connectivity index (χ1v) is 7.73. The van der Waals surface area contributed by atoms with Gasteiger partial charge in [0.2, 0.25) is 0 Å². The lowest BCUT2D eigenvalue weighted by Gasteiger charge is -2.14. The van der Waals surface area contributed by atoms with Crippen LogP contribution in [-0.2, 0) is 4.79 Å². The number of amides is 1. The zero-order valence-corrected chi connectivity index (χ0v) is 14.3. The fourth-order valence-corrected chi connectivity index (χ4v) is 2.32. The van der Waals surface area contributed by atoms with Crippen molar-refractivity contribution in [3.8, 4) is 5.75 Å². The highest BCUT2D eigenvalue weighted by Gasteiger charge is 2.08. The second kappa shape index (κ2) is 7.74. The number of carbonyl (C=O) groups is 1. The summed E-state index contributed by atoms with van der Waals surface area (Å²) in [6.07, 6.45) is 0. The molecule has 0 bridgehead atoms. The van der Waals surface area contributed by atoms with Crippen LogP contribution in [0.5, 0.6) is 5.75 Å². The van der Waals surface area contributed by atoms with Crippen molar-refractivity contribution in [3.05, 3.63) is 59.2 Å². The van der Waals surface area contributed by atoms with Crippen molar-refractivity contribution < 1.29 is 9.53 Å². The van der Waals surface area contributed by atoms with Gasteiger partial charge in [0.1, 0.15) is 5.75 Å². The summed E-state index contributed by atoms with van der Waals surface area (Å²) < 4.78 is 5.42. The van der Waals surface area contributed by atoms with E-state index in [1.807, 2.05) is 63.2 Å². The first-order valence-electron chi connectivity index (χ1n) is 7.32. The molecule has 1 amide bonds. The monoisotopic (exact) mass is 328 g/mol. The van der Waals surface area contributed by atoms with E-state index in [0.29, 0.717) is 5.75 Å². The van der Waals surface area contributed by atoms with Crippen LogP contribution in [0.3, 0.4) is 0 Å². The summed E-state index contributed by atoms with van der Waals surface area (Å²) in [6.45, 7) is 5.88. The highest BCUT2D eigenvalue weighted by Crippen LogP contribution is 2.19. The fourth-order valence-electron chi connectivity index (χ4n) is 2.10. The largest absolute Gasteiger partial charge is 0.484 e. The Bertz CT molecular complexity index is 691. The van der Waals surface area contributed by atoms with Gasteiger partial charge in [0, 0.05) is 5.69 Å². The Labute approximate surface area is 141 Å². The van der Waals surface area contributed by atoms with Crippen molar-refractivity contribution in [2.75, 3.05) is 11.9 Å². The van der Waals surface area contributed by atoms with E-state index in [4.69, 9.17) is 17.0 Å². The molecule has 0 spiro atoms. The van der Waals surface area contributed by atoms with Crippen LogP contribution in [0.15, 0.2) is 42.5 Å². The van der Waals surface area contributed by atoms with E-state index in [2.05, 4.69) is 10.6 Å². The lowest BCUT2D eigenvalue weighted by molar-refractivity contribution is -0.121. The van der Waals surface area contributed by atoms with Crippen LogP contribution >= 0.6 is 12.2 Å². The number of thiocarbonyl (C=S) groups is 1. The highest BCUT2D eigenvalue weighted by molar-refractivity contribution is 7.80. The number of hydrogen-bond donors (Lipinski definition) is 2.